The third-order valence-corrected chi connectivity index (χ3v) is 6.05. The summed E-state index contributed by atoms with van der Waals surface area (Å²) in [7, 11) is 0. The predicted octanol–water partition coefficient (Wildman–Crippen LogP) is -6.55. The molecule has 0 saturated carbocycles. The van der Waals surface area contributed by atoms with Gasteiger partial charge in [0, 0.05) is 0 Å². The molecule has 0 aliphatic carbocycles. The van der Waals surface area contributed by atoms with Gasteiger partial charge in [-0.25, -0.2) is 0 Å². The molecule has 0 amide bonds. The summed E-state index contributed by atoms with van der Waals surface area (Å²) < 4.78 is 26.9. The first-order chi connectivity index (χ1) is 15.5. The Balaban J connectivity index is 1.83. The summed E-state index contributed by atoms with van der Waals surface area (Å²) in [5.74, 6) is 0. The molecule has 0 bridgehead atoms. The van der Waals surface area contributed by atoms with Crippen molar-refractivity contribution in [3.63, 3.8) is 0 Å². The fraction of sp³-hybridized carbons (Fsp3) is 1.00. The maximum Gasteiger partial charge on any atom is 0.187 e. The van der Waals surface area contributed by atoms with Crippen LogP contribution < -0.4 is 0 Å². The average molecular weight is 488 g/mol. The fourth-order valence-corrected chi connectivity index (χ4v) is 3.99. The summed E-state index contributed by atoms with van der Waals surface area (Å²) in [5.41, 5.74) is 0. The number of aliphatic hydroxyl groups is 10. The highest BCUT2D eigenvalue weighted by Gasteiger charge is 2.53. The standard InChI is InChI=1S/C18H32O15/c1-4-7(21)9(23)11(25)17(29-4)33-15-13(27)16(28)30-6(3-20)14(15)32-18-12(26)10(24)8(22)5(2-19)31-18/h4-28H,2-3H2,1H3/t4-,5-,6-,7-,8-,9+,10+,11+,12-,13-,14-,15-,16-,17-,18-/m1/s1. The van der Waals surface area contributed by atoms with Gasteiger partial charge in [0.1, 0.15) is 67.1 Å². The quantitative estimate of drug-likeness (QED) is 0.167. The van der Waals surface area contributed by atoms with E-state index in [9.17, 15) is 51.1 Å². The van der Waals surface area contributed by atoms with Gasteiger partial charge in [0.2, 0.25) is 0 Å². The van der Waals surface area contributed by atoms with Gasteiger partial charge in [-0.15, -0.1) is 0 Å². The van der Waals surface area contributed by atoms with Crippen molar-refractivity contribution in [3.05, 3.63) is 0 Å². The van der Waals surface area contributed by atoms with Crippen molar-refractivity contribution in [2.45, 2.75) is 99.0 Å². The highest BCUT2D eigenvalue weighted by atomic mass is 16.8. The number of ether oxygens (including phenoxy) is 5. The molecule has 0 aromatic rings. The summed E-state index contributed by atoms with van der Waals surface area (Å²) in [6.45, 7) is -0.127. The highest BCUT2D eigenvalue weighted by molar-refractivity contribution is 4.96. The van der Waals surface area contributed by atoms with Gasteiger partial charge < -0.3 is 74.7 Å². The molecule has 3 heterocycles. The van der Waals surface area contributed by atoms with E-state index >= 15 is 0 Å². The molecular weight excluding hydrogens is 456 g/mol. The summed E-state index contributed by atoms with van der Waals surface area (Å²) in [5, 5.41) is 99.8. The molecule has 0 aromatic heterocycles. The lowest BCUT2D eigenvalue weighted by Crippen LogP contribution is -2.66. The topological polar surface area (TPSA) is 248 Å². The van der Waals surface area contributed by atoms with Gasteiger partial charge in [-0.05, 0) is 6.92 Å². The first-order valence-electron chi connectivity index (χ1n) is 10.4. The maximum atomic E-state index is 10.5. The lowest BCUT2D eigenvalue weighted by molar-refractivity contribution is -0.382. The van der Waals surface area contributed by atoms with Gasteiger partial charge in [0.15, 0.2) is 18.9 Å². The minimum Gasteiger partial charge on any atom is -0.394 e. The summed E-state index contributed by atoms with van der Waals surface area (Å²) in [4.78, 5) is 0. The van der Waals surface area contributed by atoms with E-state index in [1.807, 2.05) is 0 Å². The summed E-state index contributed by atoms with van der Waals surface area (Å²) >= 11 is 0. The monoisotopic (exact) mass is 488 g/mol. The molecule has 33 heavy (non-hydrogen) atoms. The summed E-state index contributed by atoms with van der Waals surface area (Å²) in [6, 6.07) is 0. The maximum absolute atomic E-state index is 10.5. The van der Waals surface area contributed by atoms with Crippen molar-refractivity contribution in [2.75, 3.05) is 13.2 Å². The molecule has 15 atom stereocenters. The smallest absolute Gasteiger partial charge is 0.187 e. The normalized spacial score (nSPS) is 53.7. The molecule has 0 aromatic carbocycles. The predicted molar refractivity (Wildman–Crippen MR) is 99.8 cm³/mol. The van der Waals surface area contributed by atoms with Crippen LogP contribution in [0, 0.1) is 0 Å². The lowest BCUT2D eigenvalue weighted by atomic mass is 9.96. The number of aliphatic hydroxyl groups excluding tert-OH is 10. The van der Waals surface area contributed by atoms with Crippen LogP contribution in [0.5, 0.6) is 0 Å². The largest absolute Gasteiger partial charge is 0.394 e. The van der Waals surface area contributed by atoms with Crippen LogP contribution in [0.15, 0.2) is 0 Å². The van der Waals surface area contributed by atoms with Crippen LogP contribution in [0.2, 0.25) is 0 Å². The highest BCUT2D eigenvalue weighted by Crippen LogP contribution is 2.32. The Morgan fingerprint density at radius 1 is 0.545 bits per heavy atom. The second-order valence-electron chi connectivity index (χ2n) is 8.32. The van der Waals surface area contributed by atoms with Gasteiger partial charge >= 0.3 is 0 Å². The molecule has 3 aliphatic rings. The third kappa shape index (κ3) is 5.32. The molecule has 3 saturated heterocycles. The van der Waals surface area contributed by atoms with Crippen molar-refractivity contribution >= 4 is 0 Å². The average Bonchev–Trinajstić information content (AvgIpc) is 2.80. The van der Waals surface area contributed by atoms with Gasteiger partial charge in [0.25, 0.3) is 0 Å². The first kappa shape index (κ1) is 27.0. The van der Waals surface area contributed by atoms with E-state index in [2.05, 4.69) is 0 Å². The Labute approximate surface area is 187 Å². The molecular formula is C18H32O15. The number of hydrogen-bond donors (Lipinski definition) is 10. The molecule has 15 nitrogen and oxygen atoms in total. The van der Waals surface area contributed by atoms with Crippen LogP contribution in [0.3, 0.4) is 0 Å². The molecule has 3 aliphatic heterocycles. The molecule has 15 heteroatoms. The molecule has 10 N–H and O–H groups in total. The molecule has 0 unspecified atom stereocenters. The van der Waals surface area contributed by atoms with Gasteiger partial charge in [0.05, 0.1) is 19.3 Å². The molecule has 0 radical (unpaired) electrons. The second-order valence-corrected chi connectivity index (χ2v) is 8.32. The van der Waals surface area contributed by atoms with Gasteiger partial charge in [-0.2, -0.15) is 0 Å². The van der Waals surface area contributed by atoms with E-state index in [1.54, 1.807) is 0 Å². The molecule has 194 valence electrons. The van der Waals surface area contributed by atoms with E-state index in [0.717, 1.165) is 0 Å². The Morgan fingerprint density at radius 3 is 1.64 bits per heavy atom. The summed E-state index contributed by atoms with van der Waals surface area (Å²) in [6.07, 6.45) is -24.0. The molecule has 3 rings (SSSR count). The first-order valence-corrected chi connectivity index (χ1v) is 10.4. The Bertz CT molecular complexity index is 624. The number of rotatable bonds is 6. The zero-order valence-corrected chi connectivity index (χ0v) is 17.6. The van der Waals surface area contributed by atoms with Crippen LogP contribution in [-0.2, 0) is 23.7 Å². The number of hydrogen-bond acceptors (Lipinski definition) is 15. The van der Waals surface area contributed by atoms with Crippen LogP contribution in [-0.4, -0.2) is 156 Å². The van der Waals surface area contributed by atoms with Crippen LogP contribution in [0.4, 0.5) is 0 Å². The van der Waals surface area contributed by atoms with Crippen molar-refractivity contribution < 1.29 is 74.7 Å². The Kier molecular flexibility index (Phi) is 8.99. The zero-order chi connectivity index (χ0) is 24.6. The van der Waals surface area contributed by atoms with Crippen molar-refractivity contribution in [2.24, 2.45) is 0 Å². The fourth-order valence-electron chi connectivity index (χ4n) is 3.99. The van der Waals surface area contributed by atoms with E-state index < -0.39 is 105 Å². The zero-order valence-electron chi connectivity index (χ0n) is 17.6. The van der Waals surface area contributed by atoms with Crippen molar-refractivity contribution in [1.29, 1.82) is 0 Å². The Hall–Kier alpha value is -0.600. The molecule has 3 fully saturated rings. The van der Waals surface area contributed by atoms with E-state index in [-0.39, 0.29) is 0 Å². The third-order valence-electron chi connectivity index (χ3n) is 6.05. The SMILES string of the molecule is C[C@H]1O[C@H](O[C@@H]2[C@@H](O)[C@H](O)O[C@H](CO)[C@H]2O[C@H]2O[C@H](CO)[C@@H](O)[C@H](O)[C@H]2O)[C@@H](O)[C@@H](O)[C@@H]1O. The van der Waals surface area contributed by atoms with Gasteiger partial charge in [-0.1, -0.05) is 0 Å². The second kappa shape index (κ2) is 11.0. The van der Waals surface area contributed by atoms with Crippen molar-refractivity contribution in [3.8, 4) is 0 Å². The van der Waals surface area contributed by atoms with Crippen LogP contribution >= 0.6 is 0 Å². The van der Waals surface area contributed by atoms with E-state index in [0.29, 0.717) is 0 Å². The Morgan fingerprint density at radius 2 is 1.06 bits per heavy atom. The van der Waals surface area contributed by atoms with Crippen LogP contribution in [0.25, 0.3) is 0 Å². The van der Waals surface area contributed by atoms with Crippen molar-refractivity contribution in [1.82, 2.24) is 0 Å². The lowest BCUT2D eigenvalue weighted by Gasteiger charge is -2.48. The van der Waals surface area contributed by atoms with Gasteiger partial charge in [-0.3, -0.25) is 0 Å². The molecule has 0 spiro atoms. The minimum atomic E-state index is -1.88. The van der Waals surface area contributed by atoms with E-state index in [1.165, 1.54) is 6.92 Å². The minimum absolute atomic E-state index is 0.739. The van der Waals surface area contributed by atoms with Crippen LogP contribution in [0.1, 0.15) is 6.92 Å². The van der Waals surface area contributed by atoms with E-state index in [4.69, 9.17) is 23.7 Å².